The summed E-state index contributed by atoms with van der Waals surface area (Å²) in [5.41, 5.74) is 5.66. The highest BCUT2D eigenvalue weighted by Crippen LogP contribution is 2.40. The first-order valence-electron chi connectivity index (χ1n) is 9.27. The number of alkyl halides is 2. The van der Waals surface area contributed by atoms with Crippen LogP contribution in [0.2, 0.25) is 0 Å². The molecule has 0 spiro atoms. The normalized spacial score (nSPS) is 12.5. The van der Waals surface area contributed by atoms with Crippen LogP contribution in [-0.2, 0) is 22.5 Å². The van der Waals surface area contributed by atoms with Gasteiger partial charge in [0.25, 0.3) is 5.91 Å². The number of carbonyl (C=O) groups is 1. The first-order chi connectivity index (χ1) is 14.2. The summed E-state index contributed by atoms with van der Waals surface area (Å²) in [6.45, 7) is 6.24. The molecule has 0 saturated carbocycles. The van der Waals surface area contributed by atoms with Crippen LogP contribution in [0.1, 0.15) is 41.7 Å². The standard InChI is InChI=1S/C22H25I2N3O3/c1-14-9-8-11-17(20(27-29-5)21(28)25-4)18(14)13-30-26-15(2)16-10-6-7-12-19(16)22(3,23)24/h6-12H,13H2,1-5H3,(H,25,28)/b26-15+,27-20+. The zero-order valence-electron chi connectivity index (χ0n) is 17.6. The number of aryl methyl sites for hydroxylation is 1. The lowest BCUT2D eigenvalue weighted by Crippen LogP contribution is -2.29. The largest absolute Gasteiger partial charge is 0.398 e. The highest BCUT2D eigenvalue weighted by molar-refractivity contribution is 14.2. The van der Waals surface area contributed by atoms with Crippen LogP contribution in [0.5, 0.6) is 0 Å². The Labute approximate surface area is 204 Å². The maximum atomic E-state index is 12.3. The molecule has 2 aromatic rings. The fourth-order valence-corrected chi connectivity index (χ4v) is 3.90. The molecule has 0 radical (unpaired) electrons. The number of amides is 1. The van der Waals surface area contributed by atoms with Crippen LogP contribution < -0.4 is 5.32 Å². The van der Waals surface area contributed by atoms with Gasteiger partial charge >= 0.3 is 0 Å². The second-order valence-corrected chi connectivity index (χ2v) is 13.1. The number of oxime groups is 2. The molecule has 0 atom stereocenters. The van der Waals surface area contributed by atoms with E-state index in [9.17, 15) is 4.79 Å². The summed E-state index contributed by atoms with van der Waals surface area (Å²) in [6.07, 6.45) is 0. The molecule has 160 valence electrons. The molecule has 0 saturated heterocycles. The van der Waals surface area contributed by atoms with Gasteiger partial charge in [-0.05, 0) is 31.9 Å². The smallest absolute Gasteiger partial charge is 0.273 e. The van der Waals surface area contributed by atoms with E-state index in [1.807, 2.05) is 50.2 Å². The molecule has 0 aliphatic heterocycles. The molecule has 2 aromatic carbocycles. The van der Waals surface area contributed by atoms with E-state index >= 15 is 0 Å². The van der Waals surface area contributed by atoms with Crippen LogP contribution in [0.25, 0.3) is 0 Å². The summed E-state index contributed by atoms with van der Waals surface area (Å²) in [6, 6.07) is 13.8. The van der Waals surface area contributed by atoms with Crippen molar-refractivity contribution in [2.24, 2.45) is 10.3 Å². The van der Waals surface area contributed by atoms with Crippen molar-refractivity contribution in [3.8, 4) is 0 Å². The Hall–Kier alpha value is -1.69. The van der Waals surface area contributed by atoms with Crippen molar-refractivity contribution < 1.29 is 14.5 Å². The van der Waals surface area contributed by atoms with Crippen LogP contribution in [0.4, 0.5) is 0 Å². The van der Waals surface area contributed by atoms with Gasteiger partial charge in [0, 0.05) is 23.7 Å². The van der Waals surface area contributed by atoms with Crippen LogP contribution in [0.3, 0.4) is 0 Å². The SMILES string of the molecule is CNC(=O)/C(=N/OC)c1cccc(C)c1CO/N=C(\C)c1ccccc1C(C)(I)I. The number of nitrogens with one attached hydrogen (secondary N) is 1. The van der Waals surface area contributed by atoms with Crippen molar-refractivity contribution in [2.45, 2.75) is 28.8 Å². The molecule has 30 heavy (non-hydrogen) atoms. The number of hydrogen-bond acceptors (Lipinski definition) is 5. The molecule has 0 heterocycles. The minimum absolute atomic E-state index is 0.0644. The minimum Gasteiger partial charge on any atom is -0.398 e. The lowest BCUT2D eigenvalue weighted by molar-refractivity contribution is -0.114. The molecule has 0 aliphatic carbocycles. The highest BCUT2D eigenvalue weighted by Gasteiger charge is 2.23. The van der Waals surface area contributed by atoms with E-state index in [1.54, 1.807) is 7.05 Å². The first-order valence-corrected chi connectivity index (χ1v) is 11.4. The number of likely N-dealkylation sites (N-methyl/N-ethyl adjacent to an activating group) is 1. The molecule has 8 heteroatoms. The topological polar surface area (TPSA) is 72.3 Å². The molecular formula is C22H25I2N3O3. The van der Waals surface area contributed by atoms with Crippen LogP contribution >= 0.6 is 45.2 Å². The Morgan fingerprint density at radius 2 is 1.77 bits per heavy atom. The van der Waals surface area contributed by atoms with Crippen molar-refractivity contribution in [3.05, 3.63) is 70.3 Å². The summed E-state index contributed by atoms with van der Waals surface area (Å²) in [5.74, 6) is -0.333. The van der Waals surface area contributed by atoms with Crippen LogP contribution in [0, 0.1) is 6.92 Å². The van der Waals surface area contributed by atoms with Crippen molar-refractivity contribution in [2.75, 3.05) is 14.2 Å². The molecule has 6 nitrogen and oxygen atoms in total. The third-order valence-electron chi connectivity index (χ3n) is 4.49. The maximum Gasteiger partial charge on any atom is 0.273 e. The van der Waals surface area contributed by atoms with Crippen molar-refractivity contribution in [1.82, 2.24) is 5.32 Å². The van der Waals surface area contributed by atoms with Gasteiger partial charge in [0.15, 0.2) is 5.71 Å². The maximum absolute atomic E-state index is 12.3. The Bertz CT molecular complexity index is 966. The molecule has 1 N–H and O–H groups in total. The van der Waals surface area contributed by atoms with Crippen molar-refractivity contribution in [1.29, 1.82) is 0 Å². The number of hydrogen-bond donors (Lipinski definition) is 1. The third kappa shape index (κ3) is 6.16. The lowest BCUT2D eigenvalue weighted by atomic mass is 9.98. The fourth-order valence-electron chi connectivity index (χ4n) is 2.96. The predicted molar refractivity (Wildman–Crippen MR) is 138 cm³/mol. The molecule has 1 amide bonds. The van der Waals surface area contributed by atoms with Gasteiger partial charge in [-0.2, -0.15) is 0 Å². The Morgan fingerprint density at radius 1 is 1.10 bits per heavy atom. The molecule has 2 rings (SSSR count). The average Bonchev–Trinajstić information content (AvgIpc) is 2.72. The fraction of sp³-hybridized carbons (Fsp3) is 0.318. The summed E-state index contributed by atoms with van der Waals surface area (Å²) >= 11 is 4.82. The molecule has 0 unspecified atom stereocenters. The second kappa shape index (κ2) is 11.1. The first kappa shape index (κ1) is 24.6. The number of nitrogens with zero attached hydrogens (tertiary/aromatic N) is 2. The van der Waals surface area contributed by atoms with Crippen LogP contribution in [0.15, 0.2) is 52.8 Å². The van der Waals surface area contributed by atoms with E-state index in [0.717, 1.165) is 22.4 Å². The van der Waals surface area contributed by atoms with Gasteiger partial charge in [-0.25, -0.2) is 0 Å². The van der Waals surface area contributed by atoms with E-state index in [-0.39, 0.29) is 19.7 Å². The summed E-state index contributed by atoms with van der Waals surface area (Å²) in [5, 5.41) is 10.9. The van der Waals surface area contributed by atoms with Crippen LogP contribution in [-0.4, -0.2) is 31.5 Å². The lowest BCUT2D eigenvalue weighted by Gasteiger charge is -2.19. The van der Waals surface area contributed by atoms with Gasteiger partial charge in [-0.3, -0.25) is 4.79 Å². The van der Waals surface area contributed by atoms with Crippen molar-refractivity contribution in [3.63, 3.8) is 0 Å². The number of benzene rings is 2. The van der Waals surface area contributed by atoms with E-state index in [2.05, 4.69) is 73.8 Å². The summed E-state index contributed by atoms with van der Waals surface area (Å²) in [7, 11) is 2.96. The van der Waals surface area contributed by atoms with E-state index < -0.39 is 0 Å². The van der Waals surface area contributed by atoms with Gasteiger partial charge in [0.2, 0.25) is 0 Å². The Balaban J connectivity index is 2.33. The Kier molecular flexibility index (Phi) is 9.08. The van der Waals surface area contributed by atoms with Crippen molar-refractivity contribution >= 4 is 62.5 Å². The van der Waals surface area contributed by atoms with E-state index in [1.165, 1.54) is 12.7 Å². The molecule has 0 aliphatic rings. The van der Waals surface area contributed by atoms with E-state index in [4.69, 9.17) is 9.68 Å². The minimum atomic E-state index is -0.333. The predicted octanol–water partition coefficient (Wildman–Crippen LogP) is 5.08. The molecule has 0 bridgehead atoms. The van der Waals surface area contributed by atoms with Gasteiger partial charge in [-0.1, -0.05) is 98.0 Å². The van der Waals surface area contributed by atoms with E-state index in [0.29, 0.717) is 5.56 Å². The molecule has 0 aromatic heterocycles. The monoisotopic (exact) mass is 633 g/mol. The molecular weight excluding hydrogens is 608 g/mol. The highest BCUT2D eigenvalue weighted by atomic mass is 127. The summed E-state index contributed by atoms with van der Waals surface area (Å²) < 4.78 is -0.0644. The zero-order valence-corrected chi connectivity index (χ0v) is 21.9. The van der Waals surface area contributed by atoms with Gasteiger partial charge in [-0.15, -0.1) is 0 Å². The van der Waals surface area contributed by atoms with Gasteiger partial charge in [0.1, 0.15) is 13.7 Å². The second-order valence-electron chi connectivity index (χ2n) is 6.69. The number of halogens is 2. The number of carbonyl (C=O) groups excluding carboxylic acids is 1. The Morgan fingerprint density at radius 3 is 2.40 bits per heavy atom. The zero-order chi connectivity index (χ0) is 22.3. The van der Waals surface area contributed by atoms with Gasteiger partial charge < -0.3 is 15.0 Å². The quantitative estimate of drug-likeness (QED) is 0.191. The molecule has 0 fully saturated rings. The number of rotatable bonds is 8. The summed E-state index contributed by atoms with van der Waals surface area (Å²) in [4.78, 5) is 22.9. The average molecular weight is 633 g/mol. The third-order valence-corrected chi connectivity index (χ3v) is 5.65. The van der Waals surface area contributed by atoms with Gasteiger partial charge in [0.05, 0.1) is 7.14 Å².